The second-order valence-corrected chi connectivity index (χ2v) is 9.75. The fraction of sp³-hybridized carbons (Fsp3) is 0.600. The average molecular weight is 435 g/mol. The topological polar surface area (TPSA) is 86.1 Å². The summed E-state index contributed by atoms with van der Waals surface area (Å²) in [6, 6.07) is 0.252. The number of anilines is 1. The first kappa shape index (κ1) is 20.4. The summed E-state index contributed by atoms with van der Waals surface area (Å²) in [5, 5.41) is 13.0. The van der Waals surface area contributed by atoms with Gasteiger partial charge in [0, 0.05) is 16.8 Å². The lowest BCUT2D eigenvalue weighted by Crippen LogP contribution is -2.17. The summed E-state index contributed by atoms with van der Waals surface area (Å²) < 4.78 is 7.36. The number of nitrogens with zero attached hydrogens (tertiary/aromatic N) is 3. The summed E-state index contributed by atoms with van der Waals surface area (Å²) in [4.78, 5) is 26.3. The van der Waals surface area contributed by atoms with Crippen LogP contribution in [0.4, 0.5) is 5.00 Å². The van der Waals surface area contributed by atoms with Crippen LogP contribution in [0.1, 0.15) is 78.6 Å². The third-order valence-corrected chi connectivity index (χ3v) is 7.29. The van der Waals surface area contributed by atoms with Gasteiger partial charge in [0.15, 0.2) is 5.16 Å². The Balaban J connectivity index is 1.45. The van der Waals surface area contributed by atoms with Gasteiger partial charge in [-0.15, -0.1) is 21.5 Å². The van der Waals surface area contributed by atoms with Gasteiger partial charge in [0.1, 0.15) is 10.8 Å². The molecule has 0 bridgehead atoms. The third-order valence-electron chi connectivity index (χ3n) is 5.14. The predicted molar refractivity (Wildman–Crippen MR) is 114 cm³/mol. The Morgan fingerprint density at radius 3 is 2.79 bits per heavy atom. The normalized spacial score (nSPS) is 15.6. The highest BCUT2D eigenvalue weighted by atomic mass is 32.2. The highest BCUT2D eigenvalue weighted by molar-refractivity contribution is 7.99. The van der Waals surface area contributed by atoms with E-state index in [4.69, 9.17) is 4.74 Å². The second-order valence-electron chi connectivity index (χ2n) is 7.70. The van der Waals surface area contributed by atoms with Crippen molar-refractivity contribution in [1.82, 2.24) is 14.8 Å². The minimum absolute atomic E-state index is 0.147. The number of aromatic nitrogens is 3. The Morgan fingerprint density at radius 2 is 2.10 bits per heavy atom. The van der Waals surface area contributed by atoms with E-state index in [0.29, 0.717) is 23.1 Å². The maximum atomic E-state index is 12.6. The Hall–Kier alpha value is -1.87. The number of aryl methyl sites for hydroxylation is 1. The molecule has 2 aromatic heterocycles. The number of hydrogen-bond acceptors (Lipinski definition) is 7. The molecule has 4 rings (SSSR count). The minimum Gasteiger partial charge on any atom is -0.462 e. The van der Waals surface area contributed by atoms with Gasteiger partial charge in [0.05, 0.1) is 17.9 Å². The molecule has 1 amide bonds. The van der Waals surface area contributed by atoms with Crippen molar-refractivity contribution in [2.45, 2.75) is 70.0 Å². The average Bonchev–Trinajstić information content (AvgIpc) is 3.11. The van der Waals surface area contributed by atoms with Gasteiger partial charge >= 0.3 is 5.97 Å². The van der Waals surface area contributed by atoms with Crippen molar-refractivity contribution >= 4 is 40.0 Å². The summed E-state index contributed by atoms with van der Waals surface area (Å²) in [5.74, 6) is 1.27. The molecule has 2 aliphatic carbocycles. The van der Waals surface area contributed by atoms with Crippen LogP contribution in [0.3, 0.4) is 0 Å². The molecule has 9 heteroatoms. The van der Waals surface area contributed by atoms with E-state index in [1.807, 2.05) is 0 Å². The van der Waals surface area contributed by atoms with Crippen molar-refractivity contribution in [3.63, 3.8) is 0 Å². The van der Waals surface area contributed by atoms with Gasteiger partial charge in [-0.05, 0) is 58.4 Å². The fourth-order valence-corrected chi connectivity index (χ4v) is 5.86. The number of nitrogens with one attached hydrogen (secondary N) is 1. The summed E-state index contributed by atoms with van der Waals surface area (Å²) in [6.45, 7) is 6.33. The zero-order chi connectivity index (χ0) is 20.5. The number of thioether (sulfide) groups is 1. The van der Waals surface area contributed by atoms with Gasteiger partial charge in [0.25, 0.3) is 0 Å². The van der Waals surface area contributed by atoms with Crippen molar-refractivity contribution in [3.05, 3.63) is 21.8 Å². The molecule has 0 atom stereocenters. The number of carbonyl (C=O) groups excluding carboxylic acids is 2. The van der Waals surface area contributed by atoms with Gasteiger partial charge in [0.2, 0.25) is 5.91 Å². The number of amides is 1. The molecule has 156 valence electrons. The van der Waals surface area contributed by atoms with E-state index >= 15 is 0 Å². The molecule has 7 nitrogen and oxygen atoms in total. The van der Waals surface area contributed by atoms with E-state index in [2.05, 4.69) is 33.9 Å². The highest BCUT2D eigenvalue weighted by Crippen LogP contribution is 2.41. The van der Waals surface area contributed by atoms with E-state index in [0.717, 1.165) is 48.6 Å². The lowest BCUT2D eigenvalue weighted by molar-refractivity contribution is -0.113. The Morgan fingerprint density at radius 1 is 1.31 bits per heavy atom. The van der Waals surface area contributed by atoms with Crippen LogP contribution in [0, 0.1) is 0 Å². The van der Waals surface area contributed by atoms with Crippen LogP contribution >= 0.6 is 23.1 Å². The van der Waals surface area contributed by atoms with E-state index in [1.54, 1.807) is 6.92 Å². The molecular weight excluding hydrogens is 408 g/mol. The molecule has 0 saturated heterocycles. The molecule has 0 aliphatic heterocycles. The maximum Gasteiger partial charge on any atom is 0.341 e. The van der Waals surface area contributed by atoms with E-state index in [-0.39, 0.29) is 23.7 Å². The van der Waals surface area contributed by atoms with Crippen LogP contribution in [0.25, 0.3) is 0 Å². The van der Waals surface area contributed by atoms with Crippen LogP contribution in [0.2, 0.25) is 0 Å². The zero-order valence-corrected chi connectivity index (χ0v) is 18.6. The number of carbonyl (C=O) groups is 2. The Labute approximate surface area is 178 Å². The number of rotatable bonds is 8. The van der Waals surface area contributed by atoms with Crippen LogP contribution in [0.5, 0.6) is 0 Å². The predicted octanol–water partition coefficient (Wildman–Crippen LogP) is 4.19. The number of ether oxygens (including phenoxy) is 1. The van der Waals surface area contributed by atoms with Gasteiger partial charge < -0.3 is 14.6 Å². The minimum atomic E-state index is -0.344. The maximum absolute atomic E-state index is 12.6. The van der Waals surface area contributed by atoms with Crippen molar-refractivity contribution < 1.29 is 14.3 Å². The summed E-state index contributed by atoms with van der Waals surface area (Å²) >= 11 is 2.89. The molecule has 0 spiro atoms. The molecule has 1 fully saturated rings. The lowest BCUT2D eigenvalue weighted by atomic mass is 10.1. The number of fused-ring (bicyclic) bond motifs is 1. The summed E-state index contributed by atoms with van der Waals surface area (Å²) in [6.07, 6.45) is 5.20. The quantitative estimate of drug-likeness (QED) is 0.495. The Bertz CT molecular complexity index is 931. The first-order valence-electron chi connectivity index (χ1n) is 10.2. The highest BCUT2D eigenvalue weighted by Gasteiger charge is 2.32. The SMILES string of the molecule is CCOC(=O)c1c(NC(=O)CSc2nnc(C3CC3)n2C(C)C)sc2c1CCC2. The molecule has 1 N–H and O–H groups in total. The first-order chi connectivity index (χ1) is 14.0. The third kappa shape index (κ3) is 4.21. The molecule has 2 heterocycles. The molecule has 0 radical (unpaired) electrons. The lowest BCUT2D eigenvalue weighted by Gasteiger charge is -2.13. The van der Waals surface area contributed by atoms with Gasteiger partial charge in [-0.2, -0.15) is 0 Å². The Kier molecular flexibility index (Phi) is 5.96. The van der Waals surface area contributed by atoms with Crippen molar-refractivity contribution in [2.75, 3.05) is 17.7 Å². The molecule has 2 aromatic rings. The smallest absolute Gasteiger partial charge is 0.341 e. The first-order valence-corrected chi connectivity index (χ1v) is 12.0. The van der Waals surface area contributed by atoms with Gasteiger partial charge in [-0.3, -0.25) is 4.79 Å². The van der Waals surface area contributed by atoms with Crippen LogP contribution in [0.15, 0.2) is 5.16 Å². The largest absolute Gasteiger partial charge is 0.462 e. The number of hydrogen-bond donors (Lipinski definition) is 1. The molecule has 0 aromatic carbocycles. The standard InChI is InChI=1S/C20H26N4O3S2/c1-4-27-19(26)16-13-6-5-7-14(13)29-18(16)21-15(25)10-28-20-23-22-17(12-8-9-12)24(20)11(2)3/h11-12H,4-10H2,1-3H3,(H,21,25). The van der Waals surface area contributed by atoms with E-state index in [1.165, 1.54) is 28.0 Å². The summed E-state index contributed by atoms with van der Waals surface area (Å²) in [5.41, 5.74) is 1.59. The zero-order valence-electron chi connectivity index (χ0n) is 17.0. The molecule has 29 heavy (non-hydrogen) atoms. The summed E-state index contributed by atoms with van der Waals surface area (Å²) in [7, 11) is 0. The molecule has 1 saturated carbocycles. The molecule has 2 aliphatic rings. The van der Waals surface area contributed by atoms with E-state index < -0.39 is 0 Å². The van der Waals surface area contributed by atoms with Gasteiger partial charge in [-0.25, -0.2) is 4.79 Å². The van der Waals surface area contributed by atoms with E-state index in [9.17, 15) is 9.59 Å². The molecule has 0 unspecified atom stereocenters. The van der Waals surface area contributed by atoms with Gasteiger partial charge in [-0.1, -0.05) is 11.8 Å². The van der Waals surface area contributed by atoms with Crippen molar-refractivity contribution in [3.8, 4) is 0 Å². The van der Waals surface area contributed by atoms with Crippen LogP contribution in [-0.2, 0) is 22.4 Å². The van der Waals surface area contributed by atoms with Crippen molar-refractivity contribution in [1.29, 1.82) is 0 Å². The number of esters is 1. The number of thiophene rings is 1. The second kappa shape index (κ2) is 8.47. The van der Waals surface area contributed by atoms with Crippen molar-refractivity contribution in [2.24, 2.45) is 0 Å². The fourth-order valence-electron chi connectivity index (χ4n) is 3.70. The van der Waals surface area contributed by atoms with Crippen LogP contribution in [-0.4, -0.2) is 39.0 Å². The monoisotopic (exact) mass is 434 g/mol. The van der Waals surface area contributed by atoms with Crippen LogP contribution < -0.4 is 5.32 Å². The molecular formula is C20H26N4O3S2.